The molecule has 0 aliphatic heterocycles. The number of carbonyl (C=O) groups is 1. The number of aliphatic hydroxyl groups is 1. The van der Waals surface area contributed by atoms with Crippen molar-refractivity contribution in [3.05, 3.63) is 72.7 Å². The summed E-state index contributed by atoms with van der Waals surface area (Å²) in [6, 6.07) is 15.6. The maximum Gasteiger partial charge on any atom is 0.251 e. The molecular weight excluding hydrogens is 378 g/mol. The lowest BCUT2D eigenvalue weighted by Crippen LogP contribution is -2.26. The molecule has 0 aliphatic rings. The number of hydrogen-bond acceptors (Lipinski definition) is 5. The molecule has 4 aromatic rings. The van der Waals surface area contributed by atoms with E-state index >= 15 is 0 Å². The minimum Gasteiger partial charge on any atom is -0.395 e. The van der Waals surface area contributed by atoms with Crippen molar-refractivity contribution < 1.29 is 9.90 Å². The Hall–Kier alpha value is -3.71. The molecule has 4 rings (SSSR count). The minimum atomic E-state index is -0.226. The van der Waals surface area contributed by atoms with E-state index < -0.39 is 0 Å². The van der Waals surface area contributed by atoms with Gasteiger partial charge in [0.1, 0.15) is 0 Å². The van der Waals surface area contributed by atoms with Gasteiger partial charge in [0, 0.05) is 49.2 Å². The first-order chi connectivity index (χ1) is 14.6. The predicted molar refractivity (Wildman–Crippen MR) is 118 cm³/mol. The molecule has 0 saturated carbocycles. The fourth-order valence-electron chi connectivity index (χ4n) is 3.27. The highest BCUT2D eigenvalue weighted by Crippen LogP contribution is 2.25. The van der Waals surface area contributed by atoms with Crippen LogP contribution in [0.5, 0.6) is 0 Å². The standard InChI is InChI=1S/C23H23N5O2/c1-27(2)19-8-6-16(7-9-19)21-13-26-22-14-25-20(15-28(21)22)17-4-3-5-18(12-17)23(30)24-10-11-29/h3-9,12-15,29H,10-11H2,1-2H3,(H,24,30). The summed E-state index contributed by atoms with van der Waals surface area (Å²) in [5.41, 5.74) is 6.00. The second-order valence-corrected chi connectivity index (χ2v) is 7.15. The Morgan fingerprint density at radius 3 is 2.60 bits per heavy atom. The van der Waals surface area contributed by atoms with Gasteiger partial charge in [0.2, 0.25) is 0 Å². The van der Waals surface area contributed by atoms with Crippen molar-refractivity contribution in [2.45, 2.75) is 0 Å². The number of rotatable bonds is 6. The molecule has 2 aromatic carbocycles. The molecule has 7 heteroatoms. The molecule has 0 aliphatic carbocycles. The largest absolute Gasteiger partial charge is 0.395 e. The number of hydrogen-bond donors (Lipinski definition) is 2. The van der Waals surface area contributed by atoms with Crippen molar-refractivity contribution in [3.8, 4) is 22.5 Å². The van der Waals surface area contributed by atoms with E-state index in [1.165, 1.54) is 0 Å². The Morgan fingerprint density at radius 2 is 1.87 bits per heavy atom. The smallest absolute Gasteiger partial charge is 0.251 e. The molecule has 30 heavy (non-hydrogen) atoms. The van der Waals surface area contributed by atoms with E-state index in [4.69, 9.17) is 5.11 Å². The van der Waals surface area contributed by atoms with Gasteiger partial charge in [0.05, 0.1) is 30.4 Å². The van der Waals surface area contributed by atoms with Crippen molar-refractivity contribution in [2.24, 2.45) is 0 Å². The molecule has 1 amide bonds. The van der Waals surface area contributed by atoms with Crippen LogP contribution in [0.1, 0.15) is 10.4 Å². The number of nitrogens with one attached hydrogen (secondary N) is 1. The van der Waals surface area contributed by atoms with Crippen molar-refractivity contribution in [3.63, 3.8) is 0 Å². The third kappa shape index (κ3) is 3.88. The molecule has 0 bridgehead atoms. The normalized spacial score (nSPS) is 10.9. The Bertz CT molecular complexity index is 1180. The molecule has 0 fully saturated rings. The van der Waals surface area contributed by atoms with Crippen molar-refractivity contribution in [2.75, 3.05) is 32.1 Å². The van der Waals surface area contributed by atoms with E-state index in [2.05, 4.69) is 44.5 Å². The number of imidazole rings is 1. The minimum absolute atomic E-state index is 0.0947. The summed E-state index contributed by atoms with van der Waals surface area (Å²) in [4.78, 5) is 23.3. The number of carbonyl (C=O) groups excluding carboxylic acids is 1. The molecule has 0 unspecified atom stereocenters. The highest BCUT2D eigenvalue weighted by atomic mass is 16.3. The summed E-state index contributed by atoms with van der Waals surface area (Å²) in [6.45, 7) is 0.126. The van der Waals surface area contributed by atoms with E-state index in [0.29, 0.717) is 5.56 Å². The van der Waals surface area contributed by atoms with Gasteiger partial charge in [-0.3, -0.25) is 14.2 Å². The van der Waals surface area contributed by atoms with E-state index in [1.807, 2.05) is 43.0 Å². The Kier molecular flexibility index (Phi) is 5.45. The van der Waals surface area contributed by atoms with E-state index in [-0.39, 0.29) is 19.1 Å². The van der Waals surface area contributed by atoms with Gasteiger partial charge in [0.15, 0.2) is 5.65 Å². The van der Waals surface area contributed by atoms with E-state index in [1.54, 1.807) is 18.3 Å². The molecule has 2 N–H and O–H groups in total. The van der Waals surface area contributed by atoms with Gasteiger partial charge in [-0.2, -0.15) is 0 Å². The van der Waals surface area contributed by atoms with Crippen molar-refractivity contribution in [1.82, 2.24) is 19.7 Å². The Morgan fingerprint density at radius 1 is 1.07 bits per heavy atom. The van der Waals surface area contributed by atoms with Gasteiger partial charge in [-0.15, -0.1) is 0 Å². The zero-order chi connectivity index (χ0) is 21.1. The maximum absolute atomic E-state index is 12.2. The topological polar surface area (TPSA) is 82.8 Å². The van der Waals surface area contributed by atoms with Crippen LogP contribution in [0.15, 0.2) is 67.1 Å². The van der Waals surface area contributed by atoms with Gasteiger partial charge in [0.25, 0.3) is 5.91 Å². The second-order valence-electron chi connectivity index (χ2n) is 7.15. The molecule has 0 atom stereocenters. The van der Waals surface area contributed by atoms with Gasteiger partial charge in [-0.1, -0.05) is 24.3 Å². The Balaban J connectivity index is 1.70. The number of anilines is 1. The summed E-state index contributed by atoms with van der Waals surface area (Å²) in [6.07, 6.45) is 5.50. The summed E-state index contributed by atoms with van der Waals surface area (Å²) in [7, 11) is 4.03. The summed E-state index contributed by atoms with van der Waals surface area (Å²) in [5, 5.41) is 11.6. The monoisotopic (exact) mass is 401 g/mol. The van der Waals surface area contributed by atoms with Gasteiger partial charge < -0.3 is 15.3 Å². The molecule has 0 spiro atoms. The lowest BCUT2D eigenvalue weighted by Gasteiger charge is -2.12. The molecular formula is C23H23N5O2. The third-order valence-electron chi connectivity index (χ3n) is 4.89. The SMILES string of the molecule is CN(C)c1ccc(-c2cnc3cnc(-c4cccc(C(=O)NCCO)c4)cn23)cc1. The van der Waals surface area contributed by atoms with E-state index in [9.17, 15) is 4.79 Å². The number of nitrogens with zero attached hydrogens (tertiary/aromatic N) is 4. The first kappa shape index (κ1) is 19.6. The van der Waals surface area contributed by atoms with Crippen LogP contribution in [-0.2, 0) is 0 Å². The van der Waals surface area contributed by atoms with Crippen LogP contribution in [0.25, 0.3) is 28.2 Å². The molecule has 7 nitrogen and oxygen atoms in total. The number of amides is 1. The highest BCUT2D eigenvalue weighted by molar-refractivity contribution is 5.95. The molecule has 152 valence electrons. The zero-order valence-corrected chi connectivity index (χ0v) is 16.9. The number of aliphatic hydroxyl groups excluding tert-OH is 1. The average molecular weight is 401 g/mol. The summed E-state index contributed by atoms with van der Waals surface area (Å²) in [5.74, 6) is -0.226. The fourth-order valence-corrected chi connectivity index (χ4v) is 3.27. The lowest BCUT2D eigenvalue weighted by molar-refractivity contribution is 0.0945. The molecule has 0 saturated heterocycles. The van der Waals surface area contributed by atoms with Crippen LogP contribution in [0.2, 0.25) is 0 Å². The zero-order valence-electron chi connectivity index (χ0n) is 16.9. The molecule has 2 aromatic heterocycles. The number of aromatic nitrogens is 3. The van der Waals surface area contributed by atoms with Gasteiger partial charge in [-0.05, 0) is 24.3 Å². The quantitative estimate of drug-likeness (QED) is 0.519. The summed E-state index contributed by atoms with van der Waals surface area (Å²) >= 11 is 0. The Labute approximate surface area is 174 Å². The first-order valence-electron chi connectivity index (χ1n) is 9.67. The van der Waals surface area contributed by atoms with Crippen LogP contribution in [0.4, 0.5) is 5.69 Å². The first-order valence-corrected chi connectivity index (χ1v) is 9.67. The fraction of sp³-hybridized carbons (Fsp3) is 0.174. The predicted octanol–water partition coefficient (Wildman–Crippen LogP) is 2.85. The third-order valence-corrected chi connectivity index (χ3v) is 4.89. The highest BCUT2D eigenvalue weighted by Gasteiger charge is 2.11. The van der Waals surface area contributed by atoms with Gasteiger partial charge >= 0.3 is 0 Å². The molecule has 2 heterocycles. The average Bonchev–Trinajstić information content (AvgIpc) is 3.21. The molecule has 0 radical (unpaired) electrons. The van der Waals surface area contributed by atoms with Crippen molar-refractivity contribution >= 4 is 17.2 Å². The second kappa shape index (κ2) is 8.34. The lowest BCUT2D eigenvalue weighted by atomic mass is 10.1. The van der Waals surface area contributed by atoms with Crippen molar-refractivity contribution in [1.29, 1.82) is 0 Å². The number of fused-ring (bicyclic) bond motifs is 1. The van der Waals surface area contributed by atoms with Crippen LogP contribution in [0, 0.1) is 0 Å². The maximum atomic E-state index is 12.2. The number of benzene rings is 2. The van der Waals surface area contributed by atoms with Gasteiger partial charge in [-0.25, -0.2) is 4.98 Å². The van der Waals surface area contributed by atoms with Crippen LogP contribution in [-0.4, -0.2) is 52.6 Å². The summed E-state index contributed by atoms with van der Waals surface area (Å²) < 4.78 is 2.01. The van der Waals surface area contributed by atoms with Crippen LogP contribution < -0.4 is 10.2 Å². The van der Waals surface area contributed by atoms with E-state index in [0.717, 1.165) is 33.8 Å². The van der Waals surface area contributed by atoms with Crippen LogP contribution >= 0.6 is 0 Å². The van der Waals surface area contributed by atoms with Crippen LogP contribution in [0.3, 0.4) is 0 Å².